The predicted molar refractivity (Wildman–Crippen MR) is 116 cm³/mol. The van der Waals surface area contributed by atoms with Gasteiger partial charge in [-0.25, -0.2) is 9.97 Å². The first-order valence-corrected chi connectivity index (χ1v) is 9.57. The highest BCUT2D eigenvalue weighted by Crippen LogP contribution is 2.32. The van der Waals surface area contributed by atoms with Crippen LogP contribution in [-0.2, 0) is 4.79 Å². The second-order valence-corrected chi connectivity index (χ2v) is 6.98. The van der Waals surface area contributed by atoms with Crippen molar-refractivity contribution in [3.8, 4) is 28.8 Å². The highest BCUT2D eigenvalue weighted by Gasteiger charge is 2.08. The van der Waals surface area contributed by atoms with E-state index < -0.39 is 0 Å². The van der Waals surface area contributed by atoms with Gasteiger partial charge < -0.3 is 10.1 Å². The average Bonchev–Trinajstić information content (AvgIpc) is 2.74. The van der Waals surface area contributed by atoms with Gasteiger partial charge in [0.2, 0.25) is 11.8 Å². The van der Waals surface area contributed by atoms with Gasteiger partial charge >= 0.3 is 0 Å². The Kier molecular flexibility index (Phi) is 6.79. The van der Waals surface area contributed by atoms with Crippen LogP contribution in [0, 0.1) is 11.3 Å². The van der Waals surface area contributed by atoms with Gasteiger partial charge in [-0.3, -0.25) is 4.79 Å². The molecule has 0 aliphatic carbocycles. The van der Waals surface area contributed by atoms with E-state index >= 15 is 0 Å². The molecule has 0 saturated carbocycles. The van der Waals surface area contributed by atoms with Crippen LogP contribution in [0.5, 0.6) is 11.6 Å². The Morgan fingerprint density at radius 1 is 1.17 bits per heavy atom. The van der Waals surface area contributed by atoms with Crippen molar-refractivity contribution in [2.45, 2.75) is 19.9 Å². The van der Waals surface area contributed by atoms with Crippen LogP contribution >= 0.6 is 11.6 Å². The van der Waals surface area contributed by atoms with Crippen molar-refractivity contribution in [1.29, 1.82) is 5.26 Å². The molecular weight excluding hydrogens is 400 g/mol. The van der Waals surface area contributed by atoms with Crippen LogP contribution < -0.4 is 10.1 Å². The third kappa shape index (κ3) is 5.66. The Bertz CT molecular complexity index is 1100. The second-order valence-electron chi connectivity index (χ2n) is 6.57. The standard InChI is InChI=1S/C23H19ClN4O2/c1-15(28-16(2)29)3-4-17-5-10-23(27-13-17)30-22-9-7-18(11-21(22)24)19-6-8-20(12-25)26-14-19/h3-11,13-15H,1-2H3,(H,28,29)/b4-3+/t15-/m0/s1. The fraction of sp³-hybridized carbons (Fsp3) is 0.130. The van der Waals surface area contributed by atoms with Crippen molar-refractivity contribution in [1.82, 2.24) is 15.3 Å². The zero-order chi connectivity index (χ0) is 21.5. The molecule has 0 saturated heterocycles. The third-order valence-electron chi connectivity index (χ3n) is 4.13. The number of nitrogens with zero attached hydrogens (tertiary/aromatic N) is 3. The quantitative estimate of drug-likeness (QED) is 0.608. The molecule has 0 aliphatic rings. The lowest BCUT2D eigenvalue weighted by Gasteiger charge is -2.09. The van der Waals surface area contributed by atoms with Crippen molar-refractivity contribution in [3.63, 3.8) is 0 Å². The highest BCUT2D eigenvalue weighted by atomic mass is 35.5. The highest BCUT2D eigenvalue weighted by molar-refractivity contribution is 6.32. The van der Waals surface area contributed by atoms with E-state index in [9.17, 15) is 4.79 Å². The minimum Gasteiger partial charge on any atom is -0.437 e. The van der Waals surface area contributed by atoms with Crippen LogP contribution in [0.4, 0.5) is 0 Å². The summed E-state index contributed by atoms with van der Waals surface area (Å²) in [6.07, 6.45) is 7.07. The van der Waals surface area contributed by atoms with Gasteiger partial charge in [0.05, 0.1) is 5.02 Å². The minimum absolute atomic E-state index is 0.0675. The molecule has 7 heteroatoms. The number of nitrogens with one attached hydrogen (secondary N) is 1. The summed E-state index contributed by atoms with van der Waals surface area (Å²) in [5.74, 6) is 0.821. The Labute approximate surface area is 179 Å². The fourth-order valence-electron chi connectivity index (χ4n) is 2.68. The van der Waals surface area contributed by atoms with Gasteiger partial charge in [-0.05, 0) is 48.4 Å². The molecule has 30 heavy (non-hydrogen) atoms. The summed E-state index contributed by atoms with van der Waals surface area (Å²) in [4.78, 5) is 19.4. The van der Waals surface area contributed by atoms with E-state index in [2.05, 4.69) is 15.3 Å². The number of carbonyl (C=O) groups excluding carboxylic acids is 1. The van der Waals surface area contributed by atoms with Crippen molar-refractivity contribution in [2.75, 3.05) is 0 Å². The van der Waals surface area contributed by atoms with E-state index in [1.165, 1.54) is 6.92 Å². The summed E-state index contributed by atoms with van der Waals surface area (Å²) >= 11 is 6.37. The Hall–Kier alpha value is -3.69. The van der Waals surface area contributed by atoms with Crippen molar-refractivity contribution < 1.29 is 9.53 Å². The SMILES string of the molecule is CC(=O)N[C@@H](C)/C=C/c1ccc(Oc2ccc(-c3ccc(C#N)nc3)cc2Cl)nc1. The first-order chi connectivity index (χ1) is 14.4. The van der Waals surface area contributed by atoms with E-state index in [1.54, 1.807) is 36.7 Å². The molecule has 0 aliphatic heterocycles. The van der Waals surface area contributed by atoms with Crippen molar-refractivity contribution in [2.24, 2.45) is 0 Å². The topological polar surface area (TPSA) is 87.9 Å². The van der Waals surface area contributed by atoms with Gasteiger partial charge in [-0.2, -0.15) is 5.26 Å². The molecule has 0 unspecified atom stereocenters. The first kappa shape index (κ1) is 21.0. The summed E-state index contributed by atoms with van der Waals surface area (Å²) < 4.78 is 5.79. The molecule has 1 amide bonds. The Morgan fingerprint density at radius 3 is 2.57 bits per heavy atom. The van der Waals surface area contributed by atoms with Crippen molar-refractivity contribution >= 4 is 23.6 Å². The van der Waals surface area contributed by atoms with Gasteiger partial charge in [0, 0.05) is 37.0 Å². The molecule has 6 nitrogen and oxygen atoms in total. The van der Waals surface area contributed by atoms with Crippen molar-refractivity contribution in [3.05, 3.63) is 77.2 Å². The maximum atomic E-state index is 11.0. The maximum Gasteiger partial charge on any atom is 0.219 e. The molecule has 0 spiro atoms. The van der Waals surface area contributed by atoms with E-state index in [-0.39, 0.29) is 11.9 Å². The summed E-state index contributed by atoms with van der Waals surface area (Å²) in [5, 5.41) is 12.1. The van der Waals surface area contributed by atoms with Crippen LogP contribution in [0.2, 0.25) is 5.02 Å². The van der Waals surface area contributed by atoms with Crippen LogP contribution in [0.15, 0.2) is 60.9 Å². The number of pyridine rings is 2. The van der Waals surface area contributed by atoms with Gasteiger partial charge in [-0.15, -0.1) is 0 Å². The van der Waals surface area contributed by atoms with Crippen LogP contribution in [0.1, 0.15) is 25.1 Å². The molecule has 0 bridgehead atoms. The molecule has 0 radical (unpaired) electrons. The lowest BCUT2D eigenvalue weighted by Crippen LogP contribution is -2.28. The smallest absolute Gasteiger partial charge is 0.219 e. The molecule has 3 aromatic rings. The second kappa shape index (κ2) is 9.68. The fourth-order valence-corrected chi connectivity index (χ4v) is 2.90. The molecule has 2 aromatic heterocycles. The Morgan fingerprint density at radius 2 is 1.97 bits per heavy atom. The number of ether oxygens (including phenoxy) is 1. The molecular formula is C23H19ClN4O2. The molecule has 150 valence electrons. The summed E-state index contributed by atoms with van der Waals surface area (Å²) in [6.45, 7) is 3.37. The molecule has 0 fully saturated rings. The summed E-state index contributed by atoms with van der Waals surface area (Å²) in [7, 11) is 0. The lowest BCUT2D eigenvalue weighted by molar-refractivity contribution is -0.119. The molecule has 3 rings (SSSR count). The number of hydrogen-bond donors (Lipinski definition) is 1. The predicted octanol–water partition coefficient (Wildman–Crippen LogP) is 5.00. The number of nitriles is 1. The van der Waals surface area contributed by atoms with Gasteiger partial charge in [0.15, 0.2) is 0 Å². The van der Waals surface area contributed by atoms with Crippen LogP contribution in [0.3, 0.4) is 0 Å². The number of carbonyl (C=O) groups is 1. The van der Waals surface area contributed by atoms with E-state index in [0.717, 1.165) is 16.7 Å². The number of aromatic nitrogens is 2. The number of hydrogen-bond acceptors (Lipinski definition) is 5. The Balaban J connectivity index is 1.68. The van der Waals surface area contributed by atoms with Gasteiger partial charge in [-0.1, -0.05) is 29.8 Å². The number of benzene rings is 1. The lowest BCUT2D eigenvalue weighted by atomic mass is 10.1. The number of halogens is 1. The van der Waals surface area contributed by atoms with Crippen LogP contribution in [-0.4, -0.2) is 21.9 Å². The molecule has 2 heterocycles. The van der Waals surface area contributed by atoms with Gasteiger partial charge in [0.25, 0.3) is 0 Å². The third-order valence-corrected chi connectivity index (χ3v) is 4.42. The summed E-state index contributed by atoms with van der Waals surface area (Å²) in [6, 6.07) is 14.4. The number of amides is 1. The summed E-state index contributed by atoms with van der Waals surface area (Å²) in [5.41, 5.74) is 2.96. The monoisotopic (exact) mass is 418 g/mol. The molecule has 1 atom stereocenters. The van der Waals surface area contributed by atoms with E-state index in [1.807, 2.05) is 43.3 Å². The molecule has 1 aromatic carbocycles. The average molecular weight is 419 g/mol. The van der Waals surface area contributed by atoms with E-state index in [0.29, 0.717) is 22.3 Å². The van der Waals surface area contributed by atoms with Crippen LogP contribution in [0.25, 0.3) is 17.2 Å². The zero-order valence-electron chi connectivity index (χ0n) is 16.5. The molecule has 1 N–H and O–H groups in total. The maximum absolute atomic E-state index is 11.0. The normalized spacial score (nSPS) is 11.7. The first-order valence-electron chi connectivity index (χ1n) is 9.20. The minimum atomic E-state index is -0.0765. The zero-order valence-corrected chi connectivity index (χ0v) is 17.2. The van der Waals surface area contributed by atoms with E-state index in [4.69, 9.17) is 21.6 Å². The van der Waals surface area contributed by atoms with Gasteiger partial charge in [0.1, 0.15) is 17.5 Å². The largest absolute Gasteiger partial charge is 0.437 e. The number of rotatable bonds is 6.